The molecule has 2 aromatic carbocycles. The minimum Gasteiger partial charge on any atom is -0.495 e. The Hall–Kier alpha value is -1.93. The van der Waals surface area contributed by atoms with Crippen molar-refractivity contribution in [2.24, 2.45) is 0 Å². The normalized spacial score (nSPS) is 20.0. The highest BCUT2D eigenvalue weighted by atomic mass is 32.2. The first-order valence-corrected chi connectivity index (χ1v) is 11.9. The third-order valence-corrected chi connectivity index (χ3v) is 8.24. The van der Waals surface area contributed by atoms with Crippen LogP contribution in [-0.2, 0) is 23.0 Å². The molecule has 30 heavy (non-hydrogen) atoms. The molecule has 2 heterocycles. The number of ether oxygens (including phenoxy) is 1. The lowest BCUT2D eigenvalue weighted by molar-refractivity contribution is -0.0356. The monoisotopic (exact) mass is 430 g/mol. The summed E-state index contributed by atoms with van der Waals surface area (Å²) in [5.41, 5.74) is 2.70. The summed E-state index contributed by atoms with van der Waals surface area (Å²) in [6.45, 7) is 4.80. The molecule has 0 bridgehead atoms. The van der Waals surface area contributed by atoms with E-state index in [2.05, 4.69) is 29.2 Å². The molecule has 4 rings (SSSR count). The fourth-order valence-electron chi connectivity index (χ4n) is 4.53. The molecule has 0 radical (unpaired) electrons. The number of hydrogen-bond acceptors (Lipinski definition) is 5. The van der Waals surface area contributed by atoms with Crippen LogP contribution in [0.4, 0.5) is 0 Å². The third-order valence-electron chi connectivity index (χ3n) is 6.32. The van der Waals surface area contributed by atoms with Gasteiger partial charge in [0.15, 0.2) is 0 Å². The second-order valence-electron chi connectivity index (χ2n) is 8.51. The van der Waals surface area contributed by atoms with Gasteiger partial charge in [0.25, 0.3) is 0 Å². The van der Waals surface area contributed by atoms with Gasteiger partial charge in [-0.15, -0.1) is 0 Å². The predicted octanol–water partition coefficient (Wildman–Crippen LogP) is 2.58. The summed E-state index contributed by atoms with van der Waals surface area (Å²) in [6.07, 6.45) is 1.84. The van der Waals surface area contributed by atoms with E-state index in [0.29, 0.717) is 38.2 Å². The number of aryl methyl sites for hydroxylation is 1. The number of methoxy groups -OCH3 is 1. The first-order valence-electron chi connectivity index (χ1n) is 10.5. The van der Waals surface area contributed by atoms with Gasteiger partial charge in [0.05, 0.1) is 12.7 Å². The van der Waals surface area contributed by atoms with E-state index >= 15 is 0 Å². The molecule has 2 aliphatic heterocycles. The number of hydrogen-bond donors (Lipinski definition) is 1. The molecule has 162 valence electrons. The second-order valence-corrected chi connectivity index (χ2v) is 10.4. The molecule has 0 saturated carbocycles. The Bertz CT molecular complexity index is 1010. The number of fused-ring (bicyclic) bond motifs is 1. The number of rotatable bonds is 5. The van der Waals surface area contributed by atoms with Crippen molar-refractivity contribution in [3.8, 4) is 5.75 Å². The minimum absolute atomic E-state index is 0.197. The number of piperidine rings is 1. The lowest BCUT2D eigenvalue weighted by Crippen LogP contribution is -2.52. The first-order chi connectivity index (χ1) is 14.3. The maximum atomic E-state index is 13.2. The molecule has 0 aromatic heterocycles. The number of nitrogens with zero attached hydrogens (tertiary/aromatic N) is 2. The van der Waals surface area contributed by atoms with Crippen LogP contribution in [0, 0.1) is 6.92 Å². The van der Waals surface area contributed by atoms with Gasteiger partial charge >= 0.3 is 0 Å². The van der Waals surface area contributed by atoms with Crippen molar-refractivity contribution >= 4 is 10.0 Å². The summed E-state index contributed by atoms with van der Waals surface area (Å²) in [5, 5.41) is 11.2. The van der Waals surface area contributed by atoms with Gasteiger partial charge < -0.3 is 9.84 Å². The van der Waals surface area contributed by atoms with Crippen LogP contribution in [0.3, 0.4) is 0 Å². The van der Waals surface area contributed by atoms with Gasteiger partial charge in [-0.25, -0.2) is 8.42 Å². The molecule has 0 aliphatic carbocycles. The highest BCUT2D eigenvalue weighted by Crippen LogP contribution is 2.32. The van der Waals surface area contributed by atoms with E-state index in [1.807, 2.05) is 13.0 Å². The molecular formula is C23H30N2O4S. The zero-order chi connectivity index (χ0) is 21.4. The van der Waals surface area contributed by atoms with Crippen LogP contribution in [0.2, 0.25) is 0 Å². The fraction of sp³-hybridized carbons (Fsp3) is 0.478. The van der Waals surface area contributed by atoms with Crippen LogP contribution >= 0.6 is 0 Å². The Balaban J connectivity index is 1.43. The van der Waals surface area contributed by atoms with Crippen LogP contribution in [0.5, 0.6) is 5.75 Å². The summed E-state index contributed by atoms with van der Waals surface area (Å²) in [4.78, 5) is 2.49. The first kappa shape index (κ1) is 21.3. The number of sulfonamides is 1. The van der Waals surface area contributed by atoms with Crippen molar-refractivity contribution in [2.75, 3.05) is 33.3 Å². The lowest BCUT2D eigenvalue weighted by Gasteiger charge is -2.41. The molecule has 6 nitrogen and oxygen atoms in total. The van der Waals surface area contributed by atoms with Crippen molar-refractivity contribution in [2.45, 2.75) is 43.2 Å². The molecule has 7 heteroatoms. The molecule has 2 aromatic rings. The molecule has 1 saturated heterocycles. The SMILES string of the molecule is COc1ccc(C)cc1S(=O)(=O)N1CCC(O)(CN2CCc3ccccc3C2)CC1. The van der Waals surface area contributed by atoms with Gasteiger partial charge in [-0.2, -0.15) is 4.31 Å². The molecule has 0 unspecified atom stereocenters. The van der Waals surface area contributed by atoms with Crippen molar-refractivity contribution in [3.63, 3.8) is 0 Å². The predicted molar refractivity (Wildman–Crippen MR) is 116 cm³/mol. The van der Waals surface area contributed by atoms with Gasteiger partial charge in [-0.3, -0.25) is 4.90 Å². The van der Waals surface area contributed by atoms with Gasteiger partial charge in [-0.05, 0) is 55.0 Å². The standard InChI is InChI=1S/C23H30N2O4S/c1-18-7-8-21(29-2)22(15-18)30(27,28)25-13-10-23(26,11-14-25)17-24-12-9-19-5-3-4-6-20(19)16-24/h3-8,15,26H,9-14,16-17H2,1-2H3. The van der Waals surface area contributed by atoms with Crippen LogP contribution in [0.1, 0.15) is 29.5 Å². The summed E-state index contributed by atoms with van der Waals surface area (Å²) < 4.78 is 33.2. The topological polar surface area (TPSA) is 70.1 Å². The Morgan fingerprint density at radius 3 is 2.47 bits per heavy atom. The molecule has 0 spiro atoms. The van der Waals surface area contributed by atoms with Crippen molar-refractivity contribution in [3.05, 3.63) is 59.2 Å². The highest BCUT2D eigenvalue weighted by Gasteiger charge is 2.39. The van der Waals surface area contributed by atoms with E-state index in [1.54, 1.807) is 12.1 Å². The Kier molecular flexibility index (Phi) is 5.90. The van der Waals surface area contributed by atoms with E-state index in [1.165, 1.54) is 22.5 Å². The molecular weight excluding hydrogens is 400 g/mol. The smallest absolute Gasteiger partial charge is 0.246 e. The van der Waals surface area contributed by atoms with Crippen LogP contribution < -0.4 is 4.74 Å². The molecule has 0 atom stereocenters. The van der Waals surface area contributed by atoms with Crippen LogP contribution in [0.15, 0.2) is 47.4 Å². The van der Waals surface area contributed by atoms with E-state index < -0.39 is 15.6 Å². The summed E-state index contributed by atoms with van der Waals surface area (Å²) in [7, 11) is -2.19. The zero-order valence-electron chi connectivity index (χ0n) is 17.7. The Morgan fingerprint density at radius 2 is 1.77 bits per heavy atom. The van der Waals surface area contributed by atoms with Gasteiger partial charge in [0.2, 0.25) is 10.0 Å². The van der Waals surface area contributed by atoms with E-state index in [-0.39, 0.29) is 4.90 Å². The molecule has 0 amide bonds. The largest absolute Gasteiger partial charge is 0.495 e. The number of benzene rings is 2. The highest BCUT2D eigenvalue weighted by molar-refractivity contribution is 7.89. The third kappa shape index (κ3) is 4.25. The van der Waals surface area contributed by atoms with E-state index in [4.69, 9.17) is 4.74 Å². The van der Waals surface area contributed by atoms with Crippen LogP contribution in [-0.4, -0.2) is 61.6 Å². The summed E-state index contributed by atoms with van der Waals surface area (Å²) in [6, 6.07) is 13.6. The quantitative estimate of drug-likeness (QED) is 0.790. The van der Waals surface area contributed by atoms with Gasteiger partial charge in [0, 0.05) is 32.7 Å². The van der Waals surface area contributed by atoms with Crippen molar-refractivity contribution < 1.29 is 18.3 Å². The van der Waals surface area contributed by atoms with E-state index in [9.17, 15) is 13.5 Å². The number of β-amino-alcohol motifs (C(OH)–C–C–N with tert-alkyl or cyclic N) is 1. The van der Waals surface area contributed by atoms with Crippen molar-refractivity contribution in [1.82, 2.24) is 9.21 Å². The lowest BCUT2D eigenvalue weighted by atomic mass is 9.90. The maximum Gasteiger partial charge on any atom is 0.246 e. The minimum atomic E-state index is -3.67. The number of aliphatic hydroxyl groups is 1. The molecule has 2 aliphatic rings. The average molecular weight is 431 g/mol. The molecule has 1 fully saturated rings. The fourth-order valence-corrected chi connectivity index (χ4v) is 6.21. The Labute approximate surface area is 179 Å². The molecule has 1 N–H and O–H groups in total. The summed E-state index contributed by atoms with van der Waals surface area (Å²) >= 11 is 0. The van der Waals surface area contributed by atoms with E-state index in [0.717, 1.165) is 25.1 Å². The Morgan fingerprint density at radius 1 is 1.07 bits per heavy atom. The summed E-state index contributed by atoms with van der Waals surface area (Å²) in [5.74, 6) is 0.355. The average Bonchev–Trinajstić information content (AvgIpc) is 2.73. The van der Waals surface area contributed by atoms with Gasteiger partial charge in [0.1, 0.15) is 10.6 Å². The zero-order valence-corrected chi connectivity index (χ0v) is 18.5. The van der Waals surface area contributed by atoms with Crippen molar-refractivity contribution in [1.29, 1.82) is 0 Å². The van der Waals surface area contributed by atoms with Gasteiger partial charge in [-0.1, -0.05) is 30.3 Å². The van der Waals surface area contributed by atoms with Crippen LogP contribution in [0.25, 0.3) is 0 Å². The maximum absolute atomic E-state index is 13.2. The second kappa shape index (κ2) is 8.30.